The van der Waals surface area contributed by atoms with Crippen molar-refractivity contribution in [1.82, 2.24) is 9.78 Å². The third-order valence-electron chi connectivity index (χ3n) is 6.07. The molecule has 0 radical (unpaired) electrons. The molecule has 2 saturated carbocycles. The summed E-state index contributed by atoms with van der Waals surface area (Å²) in [7, 11) is 2.03. The Labute approximate surface area is 116 Å². The molecule has 2 aliphatic carbocycles. The van der Waals surface area contributed by atoms with E-state index in [4.69, 9.17) is 0 Å². The van der Waals surface area contributed by atoms with Gasteiger partial charge in [0.2, 0.25) is 0 Å². The lowest BCUT2D eigenvalue weighted by Crippen LogP contribution is -2.46. The molecule has 1 aromatic rings. The summed E-state index contributed by atoms with van der Waals surface area (Å²) in [5, 5.41) is 8.42. The number of rotatable bonds is 2. The van der Waals surface area contributed by atoms with Gasteiger partial charge in [-0.3, -0.25) is 4.68 Å². The van der Waals surface area contributed by atoms with E-state index in [0.29, 0.717) is 16.9 Å². The van der Waals surface area contributed by atoms with E-state index in [0.717, 1.165) is 11.6 Å². The molecule has 3 heteroatoms. The van der Waals surface area contributed by atoms with Crippen LogP contribution in [0.3, 0.4) is 0 Å². The number of aromatic nitrogens is 2. The lowest BCUT2D eigenvalue weighted by molar-refractivity contribution is 0.155. The lowest BCUT2D eigenvalue weighted by atomic mass is 9.68. The van der Waals surface area contributed by atoms with Crippen molar-refractivity contribution in [3.8, 4) is 0 Å². The molecule has 1 aromatic heterocycles. The minimum atomic E-state index is 0.391. The first-order chi connectivity index (χ1) is 8.75. The molecule has 1 heterocycles. The third-order valence-corrected chi connectivity index (χ3v) is 6.07. The molecule has 3 nitrogen and oxygen atoms in total. The maximum absolute atomic E-state index is 4.54. The van der Waals surface area contributed by atoms with Crippen LogP contribution in [0.15, 0.2) is 0 Å². The first kappa shape index (κ1) is 13.0. The molecule has 3 atom stereocenters. The van der Waals surface area contributed by atoms with E-state index < -0.39 is 0 Å². The Morgan fingerprint density at radius 2 is 1.95 bits per heavy atom. The molecule has 0 aliphatic heterocycles. The molecule has 2 fully saturated rings. The smallest absolute Gasteiger partial charge is 0.0827 e. The van der Waals surface area contributed by atoms with Crippen molar-refractivity contribution in [3.63, 3.8) is 0 Å². The molecule has 1 N–H and O–H groups in total. The van der Waals surface area contributed by atoms with Gasteiger partial charge < -0.3 is 5.32 Å². The van der Waals surface area contributed by atoms with Crippen LogP contribution in [0.2, 0.25) is 0 Å². The summed E-state index contributed by atoms with van der Waals surface area (Å²) in [6, 6.07) is 0.570. The summed E-state index contributed by atoms with van der Waals surface area (Å²) >= 11 is 0. The maximum Gasteiger partial charge on any atom is 0.0827 e. The van der Waals surface area contributed by atoms with Crippen LogP contribution >= 0.6 is 0 Å². The van der Waals surface area contributed by atoms with Crippen molar-refractivity contribution >= 4 is 5.69 Å². The van der Waals surface area contributed by atoms with E-state index in [1.807, 2.05) is 11.7 Å². The zero-order valence-corrected chi connectivity index (χ0v) is 13.2. The third kappa shape index (κ3) is 1.66. The Balaban J connectivity index is 1.95. The molecular formula is C16H27N3. The topological polar surface area (TPSA) is 29.9 Å². The average Bonchev–Trinajstić information content (AvgIpc) is 2.86. The second kappa shape index (κ2) is 3.77. The van der Waals surface area contributed by atoms with Gasteiger partial charge in [-0.25, -0.2) is 0 Å². The SMILES string of the molecule is Cc1nn(C)c(C)c1NC1C2(C)CCC(C2)C1(C)C. The fourth-order valence-corrected chi connectivity index (χ4v) is 4.79. The van der Waals surface area contributed by atoms with Crippen LogP contribution < -0.4 is 5.32 Å². The van der Waals surface area contributed by atoms with Crippen LogP contribution in [-0.4, -0.2) is 15.8 Å². The Hall–Kier alpha value is -0.990. The summed E-state index contributed by atoms with van der Waals surface area (Å²) in [5.41, 5.74) is 4.49. The average molecular weight is 261 g/mol. The molecular weight excluding hydrogens is 234 g/mol. The van der Waals surface area contributed by atoms with Gasteiger partial charge >= 0.3 is 0 Å². The minimum absolute atomic E-state index is 0.391. The largest absolute Gasteiger partial charge is 0.378 e. The van der Waals surface area contributed by atoms with Crippen molar-refractivity contribution in [2.75, 3.05) is 5.32 Å². The predicted octanol–water partition coefficient (Wildman–Crippen LogP) is 3.66. The first-order valence-electron chi connectivity index (χ1n) is 7.52. The number of hydrogen-bond acceptors (Lipinski definition) is 2. The van der Waals surface area contributed by atoms with E-state index in [9.17, 15) is 0 Å². The second-order valence-corrected chi connectivity index (χ2v) is 7.66. The molecule has 106 valence electrons. The first-order valence-corrected chi connectivity index (χ1v) is 7.52. The summed E-state index contributed by atoms with van der Waals surface area (Å²) in [4.78, 5) is 0. The lowest BCUT2D eigenvalue weighted by Gasteiger charge is -2.43. The number of aryl methyl sites for hydroxylation is 2. The van der Waals surface area contributed by atoms with Crippen molar-refractivity contribution in [3.05, 3.63) is 11.4 Å². The fraction of sp³-hybridized carbons (Fsp3) is 0.812. The monoisotopic (exact) mass is 261 g/mol. The Kier molecular flexibility index (Phi) is 2.58. The minimum Gasteiger partial charge on any atom is -0.378 e. The van der Waals surface area contributed by atoms with Crippen molar-refractivity contribution in [2.24, 2.45) is 23.8 Å². The number of hydrogen-bond donors (Lipinski definition) is 1. The van der Waals surface area contributed by atoms with Crippen LogP contribution in [0.5, 0.6) is 0 Å². The van der Waals surface area contributed by atoms with E-state index in [1.165, 1.54) is 30.6 Å². The van der Waals surface area contributed by atoms with E-state index >= 15 is 0 Å². The molecule has 3 rings (SSSR count). The molecule has 0 spiro atoms. The predicted molar refractivity (Wildman–Crippen MR) is 79.3 cm³/mol. The van der Waals surface area contributed by atoms with Gasteiger partial charge in [0.05, 0.1) is 17.1 Å². The zero-order chi connectivity index (χ0) is 14.0. The van der Waals surface area contributed by atoms with Crippen molar-refractivity contribution < 1.29 is 0 Å². The van der Waals surface area contributed by atoms with Gasteiger partial charge in [0.15, 0.2) is 0 Å². The van der Waals surface area contributed by atoms with Crippen LogP contribution in [0.1, 0.15) is 51.4 Å². The molecule has 19 heavy (non-hydrogen) atoms. The Bertz CT molecular complexity index is 510. The Morgan fingerprint density at radius 3 is 2.42 bits per heavy atom. The molecule has 0 amide bonds. The molecule has 2 bridgehead atoms. The van der Waals surface area contributed by atoms with Gasteiger partial charge in [0.1, 0.15) is 0 Å². The maximum atomic E-state index is 4.54. The van der Waals surface area contributed by atoms with Gasteiger partial charge in [-0.1, -0.05) is 20.8 Å². The highest BCUT2D eigenvalue weighted by molar-refractivity contribution is 5.54. The van der Waals surface area contributed by atoms with Crippen LogP contribution in [-0.2, 0) is 7.05 Å². The fourth-order valence-electron chi connectivity index (χ4n) is 4.79. The van der Waals surface area contributed by atoms with E-state index in [-0.39, 0.29) is 0 Å². The number of nitrogens with one attached hydrogen (secondary N) is 1. The highest BCUT2D eigenvalue weighted by atomic mass is 15.3. The van der Waals surface area contributed by atoms with Gasteiger partial charge in [0.25, 0.3) is 0 Å². The van der Waals surface area contributed by atoms with Crippen LogP contribution in [0, 0.1) is 30.6 Å². The van der Waals surface area contributed by atoms with Crippen molar-refractivity contribution in [1.29, 1.82) is 0 Å². The number of anilines is 1. The van der Waals surface area contributed by atoms with Crippen molar-refractivity contribution in [2.45, 2.75) is 59.9 Å². The van der Waals surface area contributed by atoms with E-state index in [2.05, 4.69) is 45.0 Å². The van der Waals surface area contributed by atoms with Crippen LogP contribution in [0.4, 0.5) is 5.69 Å². The summed E-state index contributed by atoms with van der Waals surface area (Å²) in [6.07, 6.45) is 4.17. The highest BCUT2D eigenvalue weighted by Gasteiger charge is 2.59. The highest BCUT2D eigenvalue weighted by Crippen LogP contribution is 2.63. The van der Waals surface area contributed by atoms with Gasteiger partial charge in [0, 0.05) is 13.1 Å². The molecule has 2 aliphatic rings. The van der Waals surface area contributed by atoms with Crippen LogP contribution in [0.25, 0.3) is 0 Å². The quantitative estimate of drug-likeness (QED) is 0.880. The Morgan fingerprint density at radius 1 is 1.26 bits per heavy atom. The second-order valence-electron chi connectivity index (χ2n) is 7.66. The molecule has 0 aromatic carbocycles. The standard InChI is InChI=1S/C16H27N3/c1-10-13(11(2)19(6)18-10)17-14-15(3,4)12-7-8-16(14,5)9-12/h12,14,17H,7-9H2,1-6H3. The normalized spacial score (nSPS) is 35.9. The van der Waals surface area contributed by atoms with E-state index in [1.54, 1.807) is 0 Å². The summed E-state index contributed by atoms with van der Waals surface area (Å²) in [6.45, 7) is 11.6. The molecule has 3 unspecified atom stereocenters. The zero-order valence-electron chi connectivity index (χ0n) is 13.2. The van der Waals surface area contributed by atoms with Gasteiger partial charge in [-0.2, -0.15) is 5.10 Å². The van der Waals surface area contributed by atoms with Gasteiger partial charge in [-0.15, -0.1) is 0 Å². The van der Waals surface area contributed by atoms with Gasteiger partial charge in [-0.05, 0) is 49.9 Å². The number of fused-ring (bicyclic) bond motifs is 2. The molecule has 0 saturated heterocycles. The summed E-state index contributed by atoms with van der Waals surface area (Å²) < 4.78 is 1.99. The number of nitrogens with zero attached hydrogens (tertiary/aromatic N) is 2. The summed E-state index contributed by atoms with van der Waals surface area (Å²) in [5.74, 6) is 0.882.